The van der Waals surface area contributed by atoms with Crippen molar-refractivity contribution in [2.75, 3.05) is 24.6 Å². The van der Waals surface area contributed by atoms with Gasteiger partial charge in [0, 0.05) is 12.2 Å². The molecule has 0 saturated carbocycles. The predicted molar refractivity (Wildman–Crippen MR) is 73.0 cm³/mol. The third kappa shape index (κ3) is 5.88. The van der Waals surface area contributed by atoms with Gasteiger partial charge in [0.15, 0.2) is 0 Å². The van der Waals surface area contributed by atoms with E-state index in [0.717, 1.165) is 0 Å². The fraction of sp³-hybridized carbons (Fsp3) is 0.500. The van der Waals surface area contributed by atoms with Crippen LogP contribution in [0.5, 0.6) is 5.75 Å². The van der Waals surface area contributed by atoms with Crippen molar-refractivity contribution < 1.29 is 13.2 Å². The minimum atomic E-state index is -3.25. The number of sulfonamides is 1. The van der Waals surface area contributed by atoms with Gasteiger partial charge in [-0.2, -0.15) is 0 Å². The summed E-state index contributed by atoms with van der Waals surface area (Å²) in [5.41, 5.74) is 6.18. The Morgan fingerprint density at radius 1 is 1.28 bits per heavy atom. The maximum atomic E-state index is 11.6. The number of benzene rings is 1. The molecule has 102 valence electrons. The molecule has 1 aromatic rings. The second kappa shape index (κ2) is 6.61. The largest absolute Gasteiger partial charge is 0.492 e. The highest BCUT2D eigenvalue weighted by molar-refractivity contribution is 7.89. The summed E-state index contributed by atoms with van der Waals surface area (Å²) in [6, 6.07) is 6.84. The molecule has 0 saturated heterocycles. The number of ether oxygens (including phenoxy) is 1. The summed E-state index contributed by atoms with van der Waals surface area (Å²) in [6.07, 6.45) is 0. The van der Waals surface area contributed by atoms with Crippen molar-refractivity contribution in [2.45, 2.75) is 13.8 Å². The van der Waals surface area contributed by atoms with E-state index in [2.05, 4.69) is 4.72 Å². The Kier molecular flexibility index (Phi) is 5.43. The van der Waals surface area contributed by atoms with Gasteiger partial charge in [0.1, 0.15) is 12.4 Å². The van der Waals surface area contributed by atoms with Gasteiger partial charge in [-0.3, -0.25) is 0 Å². The second-order valence-electron chi connectivity index (χ2n) is 4.48. The maximum absolute atomic E-state index is 11.6. The molecule has 0 aromatic heterocycles. The molecule has 0 aliphatic rings. The first-order valence-electron chi connectivity index (χ1n) is 5.85. The Morgan fingerprint density at radius 2 is 1.89 bits per heavy atom. The van der Waals surface area contributed by atoms with Crippen molar-refractivity contribution in [3.05, 3.63) is 24.3 Å². The maximum Gasteiger partial charge on any atom is 0.214 e. The van der Waals surface area contributed by atoms with Gasteiger partial charge in [0.25, 0.3) is 0 Å². The van der Waals surface area contributed by atoms with Crippen LogP contribution in [0.2, 0.25) is 0 Å². The van der Waals surface area contributed by atoms with Gasteiger partial charge in [-0.05, 0) is 30.2 Å². The van der Waals surface area contributed by atoms with Crippen LogP contribution in [-0.4, -0.2) is 27.3 Å². The highest BCUT2D eigenvalue weighted by Gasteiger charge is 2.10. The fourth-order valence-corrected chi connectivity index (χ4v) is 2.23. The van der Waals surface area contributed by atoms with Gasteiger partial charge in [-0.1, -0.05) is 13.8 Å². The molecular formula is C12H20N2O3S. The number of anilines is 1. The van der Waals surface area contributed by atoms with Crippen LogP contribution in [0.25, 0.3) is 0 Å². The Balaban J connectivity index is 2.34. The standard InChI is InChI=1S/C12H20N2O3S/c1-10(2)9-14-18(15,16)8-7-17-12-5-3-11(13)4-6-12/h3-6,10,14H,7-9,13H2,1-2H3. The summed E-state index contributed by atoms with van der Waals surface area (Å²) in [7, 11) is -3.25. The molecule has 0 radical (unpaired) electrons. The number of hydrogen-bond donors (Lipinski definition) is 2. The first-order valence-corrected chi connectivity index (χ1v) is 7.50. The van der Waals surface area contributed by atoms with Crippen LogP contribution in [0.3, 0.4) is 0 Å². The SMILES string of the molecule is CC(C)CNS(=O)(=O)CCOc1ccc(N)cc1. The fourth-order valence-electron chi connectivity index (χ4n) is 1.20. The van der Waals surface area contributed by atoms with Crippen LogP contribution in [0.1, 0.15) is 13.8 Å². The summed E-state index contributed by atoms with van der Waals surface area (Å²) in [6.45, 7) is 4.47. The molecule has 0 bridgehead atoms. The summed E-state index contributed by atoms with van der Waals surface area (Å²) >= 11 is 0. The zero-order valence-corrected chi connectivity index (χ0v) is 11.5. The summed E-state index contributed by atoms with van der Waals surface area (Å²) in [5, 5.41) is 0. The average Bonchev–Trinajstić information content (AvgIpc) is 2.29. The number of nitrogens with one attached hydrogen (secondary N) is 1. The molecular weight excluding hydrogens is 252 g/mol. The molecule has 0 spiro atoms. The normalized spacial score (nSPS) is 11.7. The Hall–Kier alpha value is -1.27. The molecule has 0 aliphatic heterocycles. The average molecular weight is 272 g/mol. The lowest BCUT2D eigenvalue weighted by Crippen LogP contribution is -2.31. The van der Waals surface area contributed by atoms with E-state index in [9.17, 15) is 8.42 Å². The highest BCUT2D eigenvalue weighted by atomic mass is 32.2. The van der Waals surface area contributed by atoms with E-state index in [4.69, 9.17) is 10.5 Å². The summed E-state index contributed by atoms with van der Waals surface area (Å²) in [4.78, 5) is 0. The van der Waals surface area contributed by atoms with Crippen molar-refractivity contribution >= 4 is 15.7 Å². The minimum Gasteiger partial charge on any atom is -0.492 e. The van der Waals surface area contributed by atoms with Gasteiger partial charge < -0.3 is 10.5 Å². The minimum absolute atomic E-state index is 0.0515. The Labute approximate surface area is 108 Å². The number of nitrogen functional groups attached to an aromatic ring is 1. The quantitative estimate of drug-likeness (QED) is 0.731. The molecule has 18 heavy (non-hydrogen) atoms. The third-order valence-electron chi connectivity index (χ3n) is 2.21. The molecule has 3 N–H and O–H groups in total. The lowest BCUT2D eigenvalue weighted by Gasteiger charge is -2.10. The molecule has 0 heterocycles. The van der Waals surface area contributed by atoms with E-state index in [-0.39, 0.29) is 18.3 Å². The zero-order chi connectivity index (χ0) is 13.6. The molecule has 0 amide bonds. The van der Waals surface area contributed by atoms with Crippen LogP contribution in [0.4, 0.5) is 5.69 Å². The highest BCUT2D eigenvalue weighted by Crippen LogP contribution is 2.12. The molecule has 5 nitrogen and oxygen atoms in total. The first kappa shape index (κ1) is 14.8. The molecule has 0 fully saturated rings. The van der Waals surface area contributed by atoms with E-state index in [0.29, 0.717) is 18.0 Å². The van der Waals surface area contributed by atoms with Crippen molar-refractivity contribution in [2.24, 2.45) is 5.92 Å². The number of rotatable bonds is 7. The van der Waals surface area contributed by atoms with Crippen LogP contribution in [0.15, 0.2) is 24.3 Å². The van der Waals surface area contributed by atoms with Crippen molar-refractivity contribution in [1.29, 1.82) is 0 Å². The number of nitrogens with two attached hydrogens (primary N) is 1. The summed E-state index contributed by atoms with van der Waals surface area (Å²) in [5.74, 6) is 0.852. The van der Waals surface area contributed by atoms with E-state index >= 15 is 0 Å². The van der Waals surface area contributed by atoms with Gasteiger partial charge >= 0.3 is 0 Å². The van der Waals surface area contributed by atoms with Crippen LogP contribution < -0.4 is 15.2 Å². The van der Waals surface area contributed by atoms with Gasteiger partial charge in [0.2, 0.25) is 10.0 Å². The Bertz CT molecular complexity index is 455. The smallest absolute Gasteiger partial charge is 0.214 e. The van der Waals surface area contributed by atoms with Crippen LogP contribution in [-0.2, 0) is 10.0 Å². The van der Waals surface area contributed by atoms with Crippen molar-refractivity contribution in [3.63, 3.8) is 0 Å². The second-order valence-corrected chi connectivity index (χ2v) is 6.41. The summed E-state index contributed by atoms with van der Waals surface area (Å²) < 4.78 is 31.0. The van der Waals surface area contributed by atoms with Crippen molar-refractivity contribution in [1.82, 2.24) is 4.72 Å². The molecule has 1 rings (SSSR count). The molecule has 0 atom stereocenters. The van der Waals surface area contributed by atoms with Crippen LogP contribution >= 0.6 is 0 Å². The monoisotopic (exact) mass is 272 g/mol. The van der Waals surface area contributed by atoms with Gasteiger partial charge in [-0.15, -0.1) is 0 Å². The van der Waals surface area contributed by atoms with Crippen LogP contribution in [0, 0.1) is 5.92 Å². The topological polar surface area (TPSA) is 81.4 Å². The molecule has 6 heteroatoms. The Morgan fingerprint density at radius 3 is 2.44 bits per heavy atom. The molecule has 0 unspecified atom stereocenters. The zero-order valence-electron chi connectivity index (χ0n) is 10.7. The molecule has 1 aromatic carbocycles. The lowest BCUT2D eigenvalue weighted by molar-refractivity contribution is 0.340. The predicted octanol–water partition coefficient (Wildman–Crippen LogP) is 1.22. The molecule has 0 aliphatic carbocycles. The third-order valence-corrected chi connectivity index (χ3v) is 3.52. The lowest BCUT2D eigenvalue weighted by atomic mass is 10.2. The first-order chi connectivity index (χ1) is 8.39. The van der Waals surface area contributed by atoms with E-state index in [1.807, 2.05) is 13.8 Å². The van der Waals surface area contributed by atoms with E-state index < -0.39 is 10.0 Å². The van der Waals surface area contributed by atoms with Gasteiger partial charge in [0.05, 0.1) is 5.75 Å². The van der Waals surface area contributed by atoms with E-state index in [1.54, 1.807) is 24.3 Å². The van der Waals surface area contributed by atoms with E-state index in [1.165, 1.54) is 0 Å². The van der Waals surface area contributed by atoms with Crippen molar-refractivity contribution in [3.8, 4) is 5.75 Å². The number of hydrogen-bond acceptors (Lipinski definition) is 4. The van der Waals surface area contributed by atoms with Gasteiger partial charge in [-0.25, -0.2) is 13.1 Å².